The number of hydrogen-bond acceptors (Lipinski definition) is 4. The summed E-state index contributed by atoms with van der Waals surface area (Å²) in [5, 5.41) is 4.06. The van der Waals surface area contributed by atoms with Crippen molar-refractivity contribution in [1.29, 1.82) is 0 Å². The summed E-state index contributed by atoms with van der Waals surface area (Å²) < 4.78 is 38.3. The van der Waals surface area contributed by atoms with Gasteiger partial charge in [0.05, 0.1) is 10.4 Å². The number of aromatic nitrogens is 1. The second-order valence-corrected chi connectivity index (χ2v) is 7.48. The summed E-state index contributed by atoms with van der Waals surface area (Å²) in [5.74, 6) is 0. The molecule has 3 nitrogen and oxygen atoms in total. The van der Waals surface area contributed by atoms with Gasteiger partial charge < -0.3 is 10.2 Å². The zero-order valence-corrected chi connectivity index (χ0v) is 15.9. The van der Waals surface area contributed by atoms with Gasteiger partial charge in [0.15, 0.2) is 0 Å². The fourth-order valence-corrected chi connectivity index (χ4v) is 3.51. The molecule has 0 saturated carbocycles. The lowest BCUT2D eigenvalue weighted by molar-refractivity contribution is -0.137. The van der Waals surface area contributed by atoms with Crippen LogP contribution in [0.25, 0.3) is 10.4 Å². The van der Waals surface area contributed by atoms with Gasteiger partial charge in [-0.15, -0.1) is 11.3 Å². The Labute approximate surface area is 160 Å². The summed E-state index contributed by atoms with van der Waals surface area (Å²) in [6.07, 6.45) is -2.49. The number of alkyl halides is 3. The van der Waals surface area contributed by atoms with E-state index >= 15 is 0 Å². The van der Waals surface area contributed by atoms with Gasteiger partial charge in [0.2, 0.25) is 0 Å². The molecular formula is C20H20F3N3S. The van der Waals surface area contributed by atoms with Gasteiger partial charge in [-0.3, -0.25) is 0 Å². The zero-order valence-electron chi connectivity index (χ0n) is 15.0. The van der Waals surface area contributed by atoms with Crippen LogP contribution in [0.1, 0.15) is 16.1 Å². The van der Waals surface area contributed by atoms with Crippen molar-refractivity contribution < 1.29 is 13.2 Å². The highest BCUT2D eigenvalue weighted by Gasteiger charge is 2.30. The van der Waals surface area contributed by atoms with Crippen LogP contribution >= 0.6 is 11.3 Å². The van der Waals surface area contributed by atoms with E-state index in [1.54, 1.807) is 17.4 Å². The predicted molar refractivity (Wildman–Crippen MR) is 104 cm³/mol. The van der Waals surface area contributed by atoms with E-state index in [0.717, 1.165) is 27.2 Å². The highest BCUT2D eigenvalue weighted by atomic mass is 32.1. The van der Waals surface area contributed by atoms with Crippen molar-refractivity contribution in [3.05, 3.63) is 70.9 Å². The van der Waals surface area contributed by atoms with Gasteiger partial charge in [-0.1, -0.05) is 30.3 Å². The van der Waals surface area contributed by atoms with Crippen molar-refractivity contribution in [2.75, 3.05) is 19.0 Å². The smallest absolute Gasteiger partial charge is 0.378 e. The van der Waals surface area contributed by atoms with Crippen LogP contribution in [0.15, 0.2) is 54.7 Å². The molecule has 3 aromatic rings. The Morgan fingerprint density at radius 2 is 1.78 bits per heavy atom. The van der Waals surface area contributed by atoms with Crippen molar-refractivity contribution in [3.8, 4) is 10.4 Å². The number of anilines is 1. The van der Waals surface area contributed by atoms with Gasteiger partial charge in [0, 0.05) is 39.1 Å². The van der Waals surface area contributed by atoms with Crippen LogP contribution in [-0.2, 0) is 19.3 Å². The minimum absolute atomic E-state index is 0.358. The highest BCUT2D eigenvalue weighted by Crippen LogP contribution is 2.30. The van der Waals surface area contributed by atoms with E-state index in [1.807, 2.05) is 25.2 Å². The summed E-state index contributed by atoms with van der Waals surface area (Å²) in [6.45, 7) is 0.868. The van der Waals surface area contributed by atoms with Crippen LogP contribution in [0.2, 0.25) is 0 Å². The quantitative estimate of drug-likeness (QED) is 0.627. The molecule has 3 rings (SSSR count). The Kier molecular flexibility index (Phi) is 5.82. The van der Waals surface area contributed by atoms with Crippen LogP contribution in [0.5, 0.6) is 0 Å². The van der Waals surface area contributed by atoms with E-state index < -0.39 is 11.7 Å². The number of nitrogens with zero attached hydrogens (tertiary/aromatic N) is 2. The van der Waals surface area contributed by atoms with Crippen molar-refractivity contribution in [1.82, 2.24) is 10.3 Å². The van der Waals surface area contributed by atoms with Crippen molar-refractivity contribution in [2.45, 2.75) is 19.3 Å². The first-order chi connectivity index (χ1) is 12.8. The number of hydrogen-bond donors (Lipinski definition) is 1. The Hall–Kier alpha value is -2.38. The minimum Gasteiger partial charge on any atom is -0.378 e. The van der Waals surface area contributed by atoms with Gasteiger partial charge in [-0.2, -0.15) is 13.2 Å². The molecule has 27 heavy (non-hydrogen) atoms. The monoisotopic (exact) mass is 391 g/mol. The molecule has 0 bridgehead atoms. The normalized spacial score (nSPS) is 11.6. The number of halogens is 3. The van der Waals surface area contributed by atoms with E-state index in [2.05, 4.69) is 34.6 Å². The van der Waals surface area contributed by atoms with Gasteiger partial charge >= 0.3 is 6.18 Å². The lowest BCUT2D eigenvalue weighted by Crippen LogP contribution is -2.13. The topological polar surface area (TPSA) is 28.2 Å². The fourth-order valence-electron chi connectivity index (χ4n) is 2.62. The van der Waals surface area contributed by atoms with Crippen molar-refractivity contribution in [2.24, 2.45) is 0 Å². The Bertz CT molecular complexity index is 886. The maximum atomic E-state index is 12.8. The summed E-state index contributed by atoms with van der Waals surface area (Å²) in [7, 11) is 3.99. The van der Waals surface area contributed by atoms with E-state index in [-0.39, 0.29) is 0 Å². The molecule has 142 valence electrons. The largest absolute Gasteiger partial charge is 0.416 e. The van der Waals surface area contributed by atoms with Crippen LogP contribution in [-0.4, -0.2) is 19.1 Å². The first-order valence-corrected chi connectivity index (χ1v) is 9.24. The molecule has 1 N–H and O–H groups in total. The molecule has 0 aliphatic rings. The Balaban J connectivity index is 1.59. The first kappa shape index (κ1) is 19.4. The summed E-state index contributed by atoms with van der Waals surface area (Å²) in [5.41, 5.74) is 2.20. The molecule has 0 radical (unpaired) electrons. The van der Waals surface area contributed by atoms with E-state index in [1.165, 1.54) is 12.1 Å². The molecule has 0 aliphatic carbocycles. The number of nitrogens with one attached hydrogen (secondary N) is 1. The molecule has 0 unspecified atom stereocenters. The number of thiazole rings is 1. The SMILES string of the molecule is CN(C)c1ccc(-c2cnc(CNCc3cccc(C(F)(F)F)c3)s2)cc1. The van der Waals surface area contributed by atoms with Gasteiger partial charge in [0.25, 0.3) is 0 Å². The maximum absolute atomic E-state index is 12.8. The van der Waals surface area contributed by atoms with E-state index in [0.29, 0.717) is 18.7 Å². The Morgan fingerprint density at radius 3 is 2.44 bits per heavy atom. The van der Waals surface area contributed by atoms with E-state index in [9.17, 15) is 13.2 Å². The van der Waals surface area contributed by atoms with Gasteiger partial charge in [-0.05, 0) is 29.3 Å². The molecule has 0 atom stereocenters. The molecule has 1 aromatic heterocycles. The van der Waals surface area contributed by atoms with Crippen molar-refractivity contribution >= 4 is 17.0 Å². The van der Waals surface area contributed by atoms with E-state index in [4.69, 9.17) is 0 Å². The summed E-state index contributed by atoms with van der Waals surface area (Å²) in [4.78, 5) is 7.51. The lowest BCUT2D eigenvalue weighted by Gasteiger charge is -2.12. The average molecular weight is 391 g/mol. The van der Waals surface area contributed by atoms with Crippen LogP contribution < -0.4 is 10.2 Å². The molecule has 0 aliphatic heterocycles. The van der Waals surface area contributed by atoms with Crippen molar-refractivity contribution in [3.63, 3.8) is 0 Å². The molecule has 0 amide bonds. The second kappa shape index (κ2) is 8.10. The average Bonchev–Trinajstić information content (AvgIpc) is 3.10. The summed E-state index contributed by atoms with van der Waals surface area (Å²) >= 11 is 1.58. The van der Waals surface area contributed by atoms with Crippen LogP contribution in [0.4, 0.5) is 18.9 Å². The second-order valence-electron chi connectivity index (χ2n) is 6.36. The number of benzene rings is 2. The van der Waals surface area contributed by atoms with Crippen LogP contribution in [0.3, 0.4) is 0 Å². The third kappa shape index (κ3) is 5.08. The van der Waals surface area contributed by atoms with Gasteiger partial charge in [0.1, 0.15) is 5.01 Å². The minimum atomic E-state index is -4.32. The van der Waals surface area contributed by atoms with Crippen LogP contribution in [0, 0.1) is 0 Å². The molecule has 7 heteroatoms. The molecule has 0 saturated heterocycles. The Morgan fingerprint density at radius 1 is 1.04 bits per heavy atom. The third-order valence-electron chi connectivity index (χ3n) is 4.08. The standard InChI is InChI=1S/C20H20F3N3S/c1-26(2)17-8-6-15(7-9-17)18-12-25-19(27-18)13-24-11-14-4-3-5-16(10-14)20(21,22)23/h3-10,12,24H,11,13H2,1-2H3. The maximum Gasteiger partial charge on any atom is 0.416 e. The highest BCUT2D eigenvalue weighted by molar-refractivity contribution is 7.15. The lowest BCUT2D eigenvalue weighted by atomic mass is 10.1. The predicted octanol–water partition coefficient (Wildman–Crippen LogP) is 5.18. The molecule has 0 fully saturated rings. The summed E-state index contributed by atoms with van der Waals surface area (Å²) in [6, 6.07) is 13.6. The fraction of sp³-hybridized carbons (Fsp3) is 0.250. The molecular weight excluding hydrogens is 371 g/mol. The number of rotatable bonds is 6. The first-order valence-electron chi connectivity index (χ1n) is 8.42. The molecule has 0 spiro atoms. The molecule has 2 aromatic carbocycles. The third-order valence-corrected chi connectivity index (χ3v) is 5.13. The molecule has 1 heterocycles. The van der Waals surface area contributed by atoms with Gasteiger partial charge in [-0.25, -0.2) is 4.98 Å². The zero-order chi connectivity index (χ0) is 19.4.